The first-order valence-electron chi connectivity index (χ1n) is 4.86. The molecule has 0 aliphatic heterocycles. The Morgan fingerprint density at radius 1 is 1.35 bits per heavy atom. The van der Waals surface area contributed by atoms with Crippen molar-refractivity contribution in [3.05, 3.63) is 40.8 Å². The summed E-state index contributed by atoms with van der Waals surface area (Å²) in [5, 5.41) is 0. The van der Waals surface area contributed by atoms with Gasteiger partial charge in [0.1, 0.15) is 0 Å². The zero-order valence-corrected chi connectivity index (χ0v) is 12.3. The fourth-order valence-electron chi connectivity index (χ4n) is 1.47. The summed E-state index contributed by atoms with van der Waals surface area (Å²) in [5.74, 6) is 0.589. The second-order valence-corrected chi connectivity index (χ2v) is 4.71. The second kappa shape index (κ2) is 6.13. The molecule has 0 fully saturated rings. The van der Waals surface area contributed by atoms with E-state index in [4.69, 9.17) is 4.74 Å². The molecule has 88 valence electrons. The maximum absolute atomic E-state index is 10.8. The average Bonchev–Trinajstić information content (AvgIpc) is 2.75. The van der Waals surface area contributed by atoms with E-state index in [9.17, 15) is 4.79 Å². The van der Waals surface area contributed by atoms with Crippen molar-refractivity contribution in [2.45, 2.75) is 6.92 Å². The number of hydrogen-bond donors (Lipinski definition) is 0. The van der Waals surface area contributed by atoms with Gasteiger partial charge >= 0.3 is 0 Å². The molecule has 0 saturated heterocycles. The molecule has 2 aromatic rings. The topological polar surface area (TPSA) is 26.3 Å². The van der Waals surface area contributed by atoms with Crippen LogP contribution in [0.3, 0.4) is 0 Å². The molecule has 0 aliphatic carbocycles. The fraction of sp³-hybridized carbons (Fsp3) is 0.154. The van der Waals surface area contributed by atoms with E-state index in [2.05, 4.69) is 19.1 Å². The van der Waals surface area contributed by atoms with Crippen molar-refractivity contribution in [2.24, 2.45) is 0 Å². The van der Waals surface area contributed by atoms with E-state index in [1.165, 1.54) is 4.88 Å². The average molecular weight is 327 g/mol. The minimum absolute atomic E-state index is 0. The van der Waals surface area contributed by atoms with Gasteiger partial charge in [0.15, 0.2) is 0 Å². The third-order valence-electron chi connectivity index (χ3n) is 2.24. The summed E-state index contributed by atoms with van der Waals surface area (Å²) in [4.78, 5) is 13.2. The van der Waals surface area contributed by atoms with E-state index in [1.807, 2.05) is 18.2 Å². The largest absolute Gasteiger partial charge is 0.516 e. The standard InChI is InChI=1S/C13H11O2S.Mo/c1-9-3-4-13(16-9)11-5-10(8-14)6-12(7-11)15-2;/h3-5,7-8H,1-2H3;/q-1;. The molecular formula is C13H11MoO2S-. The number of carbonyl (C=O) groups is 1. The van der Waals surface area contributed by atoms with Gasteiger partial charge in [-0.2, -0.15) is 0 Å². The van der Waals surface area contributed by atoms with Gasteiger partial charge in [0.25, 0.3) is 0 Å². The molecule has 1 aromatic carbocycles. The SMILES string of the molecule is COc1[c-]c(C=O)cc(-c2ccc(C)s2)c1.[Mo]. The van der Waals surface area contributed by atoms with Gasteiger partial charge in [-0.1, -0.05) is 17.7 Å². The van der Waals surface area contributed by atoms with E-state index in [-0.39, 0.29) is 21.1 Å². The van der Waals surface area contributed by atoms with E-state index < -0.39 is 0 Å². The zero-order chi connectivity index (χ0) is 11.5. The molecule has 4 heteroatoms. The Labute approximate surface area is 119 Å². The van der Waals surface area contributed by atoms with Gasteiger partial charge in [-0.3, -0.25) is 0 Å². The van der Waals surface area contributed by atoms with Crippen LogP contribution in [0, 0.1) is 13.0 Å². The quantitative estimate of drug-likeness (QED) is 0.491. The van der Waals surface area contributed by atoms with Gasteiger partial charge in [0.2, 0.25) is 0 Å². The van der Waals surface area contributed by atoms with Crippen LogP contribution in [0.2, 0.25) is 0 Å². The van der Waals surface area contributed by atoms with Crippen molar-refractivity contribution in [2.75, 3.05) is 7.11 Å². The maximum Gasteiger partial charge on any atom is 0.0751 e. The monoisotopic (exact) mass is 329 g/mol. The van der Waals surface area contributed by atoms with Crippen LogP contribution in [0.25, 0.3) is 10.4 Å². The second-order valence-electron chi connectivity index (χ2n) is 3.42. The Hall–Kier alpha value is -0.922. The molecule has 0 bridgehead atoms. The van der Waals surface area contributed by atoms with E-state index in [0.717, 1.165) is 16.7 Å². The van der Waals surface area contributed by atoms with Gasteiger partial charge in [-0.05, 0) is 19.1 Å². The first kappa shape index (κ1) is 14.1. The summed E-state index contributed by atoms with van der Waals surface area (Å²) in [6.45, 7) is 2.06. The Kier molecular flexibility index (Phi) is 5.10. The van der Waals surface area contributed by atoms with Gasteiger partial charge < -0.3 is 9.53 Å². The molecule has 0 atom stereocenters. The first-order valence-corrected chi connectivity index (χ1v) is 5.68. The number of thiophene rings is 1. The molecule has 0 unspecified atom stereocenters. The minimum Gasteiger partial charge on any atom is -0.516 e. The third-order valence-corrected chi connectivity index (χ3v) is 3.29. The molecule has 2 nitrogen and oxygen atoms in total. The van der Waals surface area contributed by atoms with Crippen LogP contribution in [0.5, 0.6) is 5.75 Å². The van der Waals surface area contributed by atoms with Crippen LogP contribution in [-0.4, -0.2) is 13.4 Å². The molecule has 0 radical (unpaired) electrons. The van der Waals surface area contributed by atoms with Crippen LogP contribution < -0.4 is 4.74 Å². The van der Waals surface area contributed by atoms with E-state index >= 15 is 0 Å². The molecule has 0 spiro atoms. The van der Waals surface area contributed by atoms with Gasteiger partial charge in [0.05, 0.1) is 13.4 Å². The molecule has 0 aliphatic rings. The van der Waals surface area contributed by atoms with Gasteiger partial charge in [-0.15, -0.1) is 23.0 Å². The van der Waals surface area contributed by atoms with Crippen LogP contribution in [0.4, 0.5) is 0 Å². The summed E-state index contributed by atoms with van der Waals surface area (Å²) in [5.41, 5.74) is 1.51. The Morgan fingerprint density at radius 3 is 2.65 bits per heavy atom. The van der Waals surface area contributed by atoms with Crippen LogP contribution in [0.15, 0.2) is 24.3 Å². The van der Waals surface area contributed by atoms with Crippen molar-refractivity contribution >= 4 is 17.6 Å². The van der Waals surface area contributed by atoms with Crippen molar-refractivity contribution < 1.29 is 30.6 Å². The molecule has 2 rings (SSSR count). The summed E-state index contributed by atoms with van der Waals surface area (Å²) in [7, 11) is 1.57. The van der Waals surface area contributed by atoms with Gasteiger partial charge in [0, 0.05) is 36.6 Å². The van der Waals surface area contributed by atoms with Crippen molar-refractivity contribution in [1.82, 2.24) is 0 Å². The Balaban J connectivity index is 0.00000144. The number of rotatable bonds is 3. The third kappa shape index (κ3) is 3.27. The molecule has 0 amide bonds. The summed E-state index contributed by atoms with van der Waals surface area (Å²) in [6, 6.07) is 10.7. The number of hydrogen-bond acceptors (Lipinski definition) is 3. The number of methoxy groups -OCH3 is 1. The summed E-state index contributed by atoms with van der Waals surface area (Å²) < 4.78 is 5.12. The molecule has 0 saturated carbocycles. The van der Waals surface area contributed by atoms with E-state index in [0.29, 0.717) is 11.3 Å². The predicted molar refractivity (Wildman–Crippen MR) is 65.3 cm³/mol. The van der Waals surface area contributed by atoms with Crippen LogP contribution in [-0.2, 0) is 21.1 Å². The van der Waals surface area contributed by atoms with Gasteiger partial charge in [-0.25, -0.2) is 0 Å². The smallest absolute Gasteiger partial charge is 0.0751 e. The fourth-order valence-corrected chi connectivity index (χ4v) is 2.32. The molecule has 1 heterocycles. The molecule has 17 heavy (non-hydrogen) atoms. The number of benzene rings is 1. The van der Waals surface area contributed by atoms with Crippen molar-refractivity contribution in [1.29, 1.82) is 0 Å². The molecule has 0 N–H and O–H groups in total. The minimum atomic E-state index is 0. The number of ether oxygens (including phenoxy) is 1. The Bertz CT molecular complexity index is 520. The van der Waals surface area contributed by atoms with Crippen molar-refractivity contribution in [3.8, 4) is 16.2 Å². The predicted octanol–water partition coefficient (Wildman–Crippen LogP) is 3.34. The summed E-state index contributed by atoms with van der Waals surface area (Å²) >= 11 is 1.69. The molecular weight excluding hydrogens is 316 g/mol. The van der Waals surface area contributed by atoms with Crippen molar-refractivity contribution in [3.63, 3.8) is 0 Å². The van der Waals surface area contributed by atoms with Crippen LogP contribution >= 0.6 is 11.3 Å². The number of aryl methyl sites for hydroxylation is 1. The van der Waals surface area contributed by atoms with E-state index in [1.54, 1.807) is 18.4 Å². The summed E-state index contributed by atoms with van der Waals surface area (Å²) in [6.07, 6.45) is 0.784. The van der Waals surface area contributed by atoms with Crippen LogP contribution in [0.1, 0.15) is 15.2 Å². The zero-order valence-electron chi connectivity index (χ0n) is 9.52. The first-order chi connectivity index (χ1) is 7.72. The molecule has 1 aromatic heterocycles. The number of carbonyl (C=O) groups excluding carboxylic acids is 1. The number of aldehydes is 1. The normalized spacial score (nSPS) is 9.53. The maximum atomic E-state index is 10.8. The Morgan fingerprint density at radius 2 is 2.12 bits per heavy atom.